The van der Waals surface area contributed by atoms with Crippen molar-refractivity contribution in [3.63, 3.8) is 0 Å². The average molecular weight is 342 g/mol. The summed E-state index contributed by atoms with van der Waals surface area (Å²) < 4.78 is 1.60. The molecule has 0 heterocycles. The van der Waals surface area contributed by atoms with Gasteiger partial charge in [-0.2, -0.15) is 0 Å². The van der Waals surface area contributed by atoms with Gasteiger partial charge in [0.05, 0.1) is 5.56 Å². The van der Waals surface area contributed by atoms with E-state index >= 15 is 0 Å². The minimum atomic E-state index is -0.514. The number of benzene rings is 1. The molecule has 0 aliphatic carbocycles. The topological polar surface area (TPSA) is 49.3 Å². The number of rotatable bonds is 1. The van der Waals surface area contributed by atoms with Gasteiger partial charge in [0.1, 0.15) is 0 Å². The molecular formula is C7H5BrINO2. The zero-order valence-corrected chi connectivity index (χ0v) is 9.59. The monoisotopic (exact) mass is 341 g/mol. The fraction of sp³-hybridized carbons (Fsp3) is 0. The minimum Gasteiger partial charge on any atom is -0.288 e. The number of amides is 1. The highest BCUT2D eigenvalue weighted by Gasteiger charge is 2.08. The SMILES string of the molecule is O=C(NO)c1cc(I)ccc1Br. The van der Waals surface area contributed by atoms with Crippen LogP contribution in [0.3, 0.4) is 0 Å². The Balaban J connectivity index is 3.13. The van der Waals surface area contributed by atoms with Crippen molar-refractivity contribution in [2.75, 3.05) is 0 Å². The normalized spacial score (nSPS) is 9.58. The van der Waals surface area contributed by atoms with Gasteiger partial charge in [0, 0.05) is 8.04 Å². The quantitative estimate of drug-likeness (QED) is 0.467. The van der Waals surface area contributed by atoms with Crippen LogP contribution in [0, 0.1) is 3.57 Å². The van der Waals surface area contributed by atoms with Gasteiger partial charge in [-0.25, -0.2) is 5.48 Å². The van der Waals surface area contributed by atoms with Crippen molar-refractivity contribution in [1.82, 2.24) is 5.48 Å². The van der Waals surface area contributed by atoms with E-state index in [-0.39, 0.29) is 0 Å². The summed E-state index contributed by atoms with van der Waals surface area (Å²) >= 11 is 5.29. The molecule has 0 unspecified atom stereocenters. The fourth-order valence-electron chi connectivity index (χ4n) is 0.732. The lowest BCUT2D eigenvalue weighted by molar-refractivity contribution is 0.0705. The summed E-state index contributed by atoms with van der Waals surface area (Å²) in [5, 5.41) is 8.38. The Hall–Kier alpha value is -0.140. The summed E-state index contributed by atoms with van der Waals surface area (Å²) in [5.74, 6) is -0.514. The maximum absolute atomic E-state index is 11.0. The number of carbonyl (C=O) groups is 1. The molecule has 1 aromatic rings. The third-order valence-corrected chi connectivity index (χ3v) is 2.64. The molecule has 1 amide bonds. The molecule has 5 heteroatoms. The zero-order chi connectivity index (χ0) is 9.14. The van der Waals surface area contributed by atoms with Gasteiger partial charge in [-0.15, -0.1) is 0 Å². The molecule has 1 aromatic carbocycles. The van der Waals surface area contributed by atoms with E-state index in [9.17, 15) is 4.79 Å². The molecule has 12 heavy (non-hydrogen) atoms. The summed E-state index contributed by atoms with van der Waals surface area (Å²) in [6, 6.07) is 5.29. The van der Waals surface area contributed by atoms with Gasteiger partial charge < -0.3 is 0 Å². The number of hydrogen-bond donors (Lipinski definition) is 2. The number of hydroxylamine groups is 1. The van der Waals surface area contributed by atoms with Gasteiger partial charge in [0.2, 0.25) is 0 Å². The van der Waals surface area contributed by atoms with E-state index < -0.39 is 5.91 Å². The Bertz CT molecular complexity index is 316. The third kappa shape index (κ3) is 2.18. The van der Waals surface area contributed by atoms with Crippen LogP contribution in [0.15, 0.2) is 22.7 Å². The maximum Gasteiger partial charge on any atom is 0.275 e. The van der Waals surface area contributed by atoms with Crippen molar-refractivity contribution in [1.29, 1.82) is 0 Å². The predicted molar refractivity (Wildman–Crippen MR) is 56.1 cm³/mol. The van der Waals surface area contributed by atoms with E-state index in [1.165, 1.54) is 0 Å². The Labute approximate surface area is 91.4 Å². The molecule has 0 bridgehead atoms. The molecule has 0 aliphatic rings. The highest BCUT2D eigenvalue weighted by Crippen LogP contribution is 2.18. The summed E-state index contributed by atoms with van der Waals surface area (Å²) in [6.45, 7) is 0. The molecule has 0 fully saturated rings. The van der Waals surface area contributed by atoms with Crippen molar-refractivity contribution in [3.8, 4) is 0 Å². The fourth-order valence-corrected chi connectivity index (χ4v) is 1.65. The van der Waals surface area contributed by atoms with Gasteiger partial charge in [0.25, 0.3) is 5.91 Å². The Kier molecular flexibility index (Phi) is 3.48. The van der Waals surface area contributed by atoms with Crippen LogP contribution in [0.25, 0.3) is 0 Å². The first-order valence-electron chi connectivity index (χ1n) is 3.04. The Morgan fingerprint density at radius 3 is 2.83 bits per heavy atom. The number of carbonyl (C=O) groups excluding carboxylic acids is 1. The lowest BCUT2D eigenvalue weighted by Crippen LogP contribution is -2.19. The average Bonchev–Trinajstić information content (AvgIpc) is 2.08. The third-order valence-electron chi connectivity index (χ3n) is 1.27. The minimum absolute atomic E-state index is 0.421. The van der Waals surface area contributed by atoms with Crippen LogP contribution in [0.5, 0.6) is 0 Å². The van der Waals surface area contributed by atoms with E-state index in [2.05, 4.69) is 38.5 Å². The van der Waals surface area contributed by atoms with E-state index in [0.29, 0.717) is 10.0 Å². The first kappa shape index (κ1) is 9.94. The van der Waals surface area contributed by atoms with Gasteiger partial charge in [-0.1, -0.05) is 0 Å². The second-order valence-corrected chi connectivity index (χ2v) is 4.17. The predicted octanol–water partition coefficient (Wildman–Crippen LogP) is 2.17. The molecular weight excluding hydrogens is 337 g/mol. The molecule has 0 aromatic heterocycles. The molecule has 0 saturated heterocycles. The molecule has 1 rings (SSSR count). The highest BCUT2D eigenvalue weighted by molar-refractivity contribution is 14.1. The van der Waals surface area contributed by atoms with Crippen LogP contribution < -0.4 is 5.48 Å². The van der Waals surface area contributed by atoms with Crippen LogP contribution in [-0.4, -0.2) is 11.1 Å². The summed E-state index contributed by atoms with van der Waals surface area (Å²) in [4.78, 5) is 11.0. The number of nitrogens with one attached hydrogen (secondary N) is 1. The summed E-state index contributed by atoms with van der Waals surface area (Å²) in [6.07, 6.45) is 0. The standard InChI is InChI=1S/C7H5BrINO2/c8-6-2-1-4(9)3-5(6)7(11)10-12/h1-3,12H,(H,10,11). The van der Waals surface area contributed by atoms with E-state index in [1.807, 2.05) is 6.07 Å². The van der Waals surface area contributed by atoms with Gasteiger partial charge >= 0.3 is 0 Å². The van der Waals surface area contributed by atoms with Crippen LogP contribution >= 0.6 is 38.5 Å². The smallest absolute Gasteiger partial charge is 0.275 e. The van der Waals surface area contributed by atoms with Gasteiger partial charge in [0.15, 0.2) is 0 Å². The Morgan fingerprint density at radius 2 is 2.25 bits per heavy atom. The zero-order valence-electron chi connectivity index (χ0n) is 5.84. The lowest BCUT2D eigenvalue weighted by atomic mass is 10.2. The molecule has 2 N–H and O–H groups in total. The van der Waals surface area contributed by atoms with Crippen LogP contribution in [0.1, 0.15) is 10.4 Å². The first-order valence-corrected chi connectivity index (χ1v) is 4.92. The molecule has 3 nitrogen and oxygen atoms in total. The molecule has 0 atom stereocenters. The molecule has 0 saturated carbocycles. The highest BCUT2D eigenvalue weighted by atomic mass is 127. The van der Waals surface area contributed by atoms with Gasteiger partial charge in [-0.3, -0.25) is 10.0 Å². The van der Waals surface area contributed by atoms with Crippen molar-refractivity contribution in [2.45, 2.75) is 0 Å². The number of hydrogen-bond acceptors (Lipinski definition) is 2. The van der Waals surface area contributed by atoms with Crippen molar-refractivity contribution >= 4 is 44.4 Å². The lowest BCUT2D eigenvalue weighted by Gasteiger charge is -2.01. The summed E-state index contributed by atoms with van der Waals surface area (Å²) in [5.41, 5.74) is 2.00. The van der Waals surface area contributed by atoms with Crippen LogP contribution in [0.2, 0.25) is 0 Å². The molecule has 64 valence electrons. The van der Waals surface area contributed by atoms with Crippen LogP contribution in [0.4, 0.5) is 0 Å². The van der Waals surface area contributed by atoms with E-state index in [1.54, 1.807) is 17.6 Å². The first-order chi connectivity index (χ1) is 5.65. The van der Waals surface area contributed by atoms with Crippen molar-refractivity contribution in [3.05, 3.63) is 31.8 Å². The van der Waals surface area contributed by atoms with Gasteiger partial charge in [-0.05, 0) is 56.7 Å². The molecule has 0 spiro atoms. The van der Waals surface area contributed by atoms with E-state index in [0.717, 1.165) is 3.57 Å². The summed E-state index contributed by atoms with van der Waals surface area (Å²) in [7, 11) is 0. The van der Waals surface area contributed by atoms with Crippen molar-refractivity contribution in [2.24, 2.45) is 0 Å². The second kappa shape index (κ2) is 4.20. The molecule has 0 radical (unpaired) electrons. The Morgan fingerprint density at radius 1 is 1.58 bits per heavy atom. The number of halogens is 2. The molecule has 0 aliphatic heterocycles. The van der Waals surface area contributed by atoms with Crippen molar-refractivity contribution < 1.29 is 10.0 Å². The maximum atomic E-state index is 11.0. The van der Waals surface area contributed by atoms with Crippen LogP contribution in [-0.2, 0) is 0 Å². The second-order valence-electron chi connectivity index (χ2n) is 2.07. The largest absolute Gasteiger partial charge is 0.288 e. The van der Waals surface area contributed by atoms with E-state index in [4.69, 9.17) is 5.21 Å².